The van der Waals surface area contributed by atoms with Crippen LogP contribution in [-0.2, 0) is 55.0 Å². The van der Waals surface area contributed by atoms with Crippen LogP contribution in [0.25, 0.3) is 0 Å². The number of hydrogen-bond acceptors (Lipinski definition) is 15. The number of rotatable bonds is 30. The first-order valence-electron chi connectivity index (χ1n) is 25.6. The molecule has 0 aromatic heterocycles. The summed E-state index contributed by atoms with van der Waals surface area (Å²) in [6, 6.07) is 7.45. The van der Waals surface area contributed by atoms with Crippen molar-refractivity contribution in [3.05, 3.63) is 35.9 Å². The van der Waals surface area contributed by atoms with Gasteiger partial charge < -0.3 is 51.3 Å². The summed E-state index contributed by atoms with van der Waals surface area (Å²) in [6.07, 6.45) is 4.03. The predicted octanol–water partition coefficient (Wildman–Crippen LogP) is 0.438. The number of hydrogen-bond donors (Lipinski definition) is 10. The largest absolute Gasteiger partial charge is 0.480 e. The average Bonchev–Trinajstić information content (AvgIpc) is 3.67. The van der Waals surface area contributed by atoms with Crippen LogP contribution in [0.1, 0.15) is 84.1 Å². The molecule has 5 rings (SSSR count). The summed E-state index contributed by atoms with van der Waals surface area (Å²) in [5.41, 5.74) is 0.0492. The predicted molar refractivity (Wildman–Crippen MR) is 266 cm³/mol. The fraction of sp³-hybridized carbons (Fsp3) is 0.740. The second-order valence-corrected chi connectivity index (χ2v) is 23.1. The third-order valence-electron chi connectivity index (χ3n) is 16.8. The number of carboxylic acids is 4. The second kappa shape index (κ2) is 26.8. The molecule has 0 spiro atoms. The van der Waals surface area contributed by atoms with E-state index in [1.807, 2.05) is 6.07 Å². The smallest absolute Gasteiger partial charge is 0.317 e. The normalized spacial score (nSPS) is 28.3. The van der Waals surface area contributed by atoms with Gasteiger partial charge in [-0.25, -0.2) is 0 Å². The molecule has 4 saturated carbocycles. The van der Waals surface area contributed by atoms with Crippen LogP contribution in [0, 0.1) is 46.3 Å². The second-order valence-electron chi connectivity index (χ2n) is 21.6. The van der Waals surface area contributed by atoms with E-state index in [0.717, 1.165) is 29.7 Å². The summed E-state index contributed by atoms with van der Waals surface area (Å²) < 4.78 is 37.0. The number of aliphatic carboxylic acids is 4. The highest BCUT2D eigenvalue weighted by atomic mass is 32.2. The zero-order valence-corrected chi connectivity index (χ0v) is 43.5. The molecule has 4 fully saturated rings. The van der Waals surface area contributed by atoms with Crippen LogP contribution in [0.2, 0.25) is 0 Å². The van der Waals surface area contributed by atoms with Crippen molar-refractivity contribution in [2.75, 3.05) is 77.8 Å². The van der Waals surface area contributed by atoms with Crippen molar-refractivity contribution in [1.82, 2.24) is 30.7 Å². The molecule has 3 amide bonds. The molecule has 0 radical (unpaired) electrons. The topological polar surface area (TPSA) is 350 Å². The fourth-order valence-corrected chi connectivity index (χ4v) is 13.5. The van der Waals surface area contributed by atoms with Gasteiger partial charge in [-0.3, -0.25) is 52.8 Å². The number of carbonyl (C=O) groups is 7. The van der Waals surface area contributed by atoms with Gasteiger partial charge in [0.05, 0.1) is 63.9 Å². The molecule has 23 nitrogen and oxygen atoms in total. The van der Waals surface area contributed by atoms with Gasteiger partial charge in [-0.1, -0.05) is 51.1 Å². The molecule has 4 aliphatic carbocycles. The molecular weight excluding hydrogens is 989 g/mol. The van der Waals surface area contributed by atoms with E-state index in [2.05, 4.69) is 36.7 Å². The van der Waals surface area contributed by atoms with Gasteiger partial charge in [0.15, 0.2) is 0 Å². The van der Waals surface area contributed by atoms with Crippen molar-refractivity contribution in [3.63, 3.8) is 0 Å². The Labute approximate surface area is 432 Å². The Balaban J connectivity index is 1.20. The number of aliphatic hydroxyl groups is 2. The number of fused-ring (bicyclic) bond motifs is 5. The summed E-state index contributed by atoms with van der Waals surface area (Å²) in [5, 5.41) is 70.5. The number of nitrogens with zero attached hydrogens (tertiary/aromatic N) is 3. The van der Waals surface area contributed by atoms with E-state index in [-0.39, 0.29) is 105 Å². The van der Waals surface area contributed by atoms with Crippen molar-refractivity contribution in [3.8, 4) is 0 Å². The number of ether oxygens (including phenoxy) is 1. The first-order valence-corrected chi connectivity index (χ1v) is 27.2. The van der Waals surface area contributed by atoms with Crippen molar-refractivity contribution in [1.29, 1.82) is 0 Å². The lowest BCUT2D eigenvalue weighted by Crippen LogP contribution is -2.63. The van der Waals surface area contributed by atoms with Gasteiger partial charge in [0.1, 0.15) is 6.04 Å². The molecule has 0 saturated heterocycles. The molecule has 74 heavy (non-hydrogen) atoms. The van der Waals surface area contributed by atoms with E-state index < -0.39 is 108 Å². The zero-order valence-electron chi connectivity index (χ0n) is 42.7. The summed E-state index contributed by atoms with van der Waals surface area (Å²) >= 11 is 0. The molecular formula is C50H78N6O17S. The Morgan fingerprint density at radius 3 is 2.03 bits per heavy atom. The van der Waals surface area contributed by atoms with Crippen molar-refractivity contribution >= 4 is 51.7 Å². The minimum absolute atomic E-state index is 0.0215. The lowest BCUT2D eigenvalue weighted by molar-refractivity contribution is -0.202. The number of carbonyl (C=O) groups excluding carboxylic acids is 3. The Morgan fingerprint density at radius 2 is 1.39 bits per heavy atom. The van der Waals surface area contributed by atoms with Crippen molar-refractivity contribution in [2.24, 2.45) is 46.3 Å². The standard InChI is InChI=1S/C50H78N6O17S/c1-31(9-12-41(59)51-15-20-74(70,71)72)35-10-11-36-47-37(23-40(58)50(35,36)3)49(2)14-13-34(21-33(49)22-39(47)57)53-42(60)24-52-48(69)38(30-73-29-32-7-5-4-6-8-32)56(28-46(67)68)19-18-54(25-43(61)62)16-17-55(26-44(63)64)27-45(65)66/h4-8,31,33-40,47,57-58H,9-30H2,1-3H3,(H,51,59)(H,52,69)(H,53,60)(H,61,62)(H,63,64)(H,65,66)(H,67,68)(H,70,71,72)/t31-,33+,34+,35-,36+,37+,38?,39-,40+,47+,49+,50-/m1/s1. The van der Waals surface area contributed by atoms with E-state index >= 15 is 0 Å². The third kappa shape index (κ3) is 16.6. The molecule has 1 unspecified atom stereocenters. The maximum absolute atomic E-state index is 14.0. The van der Waals surface area contributed by atoms with Gasteiger partial charge in [0.25, 0.3) is 10.1 Å². The lowest BCUT2D eigenvalue weighted by Gasteiger charge is -2.63. The van der Waals surface area contributed by atoms with Gasteiger partial charge in [0.2, 0.25) is 17.7 Å². The van der Waals surface area contributed by atoms with E-state index in [9.17, 15) is 72.6 Å². The Kier molecular flexibility index (Phi) is 21.7. The molecule has 0 bridgehead atoms. The molecule has 10 N–H and O–H groups in total. The molecule has 416 valence electrons. The van der Waals surface area contributed by atoms with Crippen molar-refractivity contribution < 1.29 is 81.9 Å². The monoisotopic (exact) mass is 1070 g/mol. The van der Waals surface area contributed by atoms with Crippen LogP contribution < -0.4 is 16.0 Å². The highest BCUT2D eigenvalue weighted by Gasteiger charge is 2.65. The van der Waals surface area contributed by atoms with Gasteiger partial charge in [0, 0.05) is 45.2 Å². The summed E-state index contributed by atoms with van der Waals surface area (Å²) in [4.78, 5) is 90.7. The van der Waals surface area contributed by atoms with Crippen LogP contribution in [0.15, 0.2) is 30.3 Å². The number of benzene rings is 1. The Bertz CT molecular complexity index is 2210. The molecule has 4 aliphatic rings. The van der Waals surface area contributed by atoms with Crippen LogP contribution in [0.5, 0.6) is 0 Å². The van der Waals surface area contributed by atoms with Gasteiger partial charge in [-0.15, -0.1) is 0 Å². The van der Waals surface area contributed by atoms with E-state index in [1.165, 1.54) is 9.80 Å². The van der Waals surface area contributed by atoms with Gasteiger partial charge in [-0.05, 0) is 103 Å². The van der Waals surface area contributed by atoms with Gasteiger partial charge in [-0.2, -0.15) is 8.42 Å². The number of aliphatic hydroxyl groups excluding tert-OH is 2. The molecule has 12 atom stereocenters. The highest BCUT2D eigenvalue weighted by molar-refractivity contribution is 7.85. The zero-order chi connectivity index (χ0) is 54.5. The molecule has 1 aromatic carbocycles. The number of amides is 3. The summed E-state index contributed by atoms with van der Waals surface area (Å²) in [7, 11) is -4.20. The van der Waals surface area contributed by atoms with Crippen LogP contribution in [0.4, 0.5) is 0 Å². The summed E-state index contributed by atoms with van der Waals surface area (Å²) in [5.74, 6) is -7.00. The first kappa shape index (κ1) is 60.0. The van der Waals surface area contributed by atoms with E-state index in [4.69, 9.17) is 9.29 Å². The third-order valence-corrected chi connectivity index (χ3v) is 17.5. The quantitative estimate of drug-likeness (QED) is 0.0467. The molecule has 1 aromatic rings. The lowest BCUT2D eigenvalue weighted by atomic mass is 9.43. The fourth-order valence-electron chi connectivity index (χ4n) is 13.2. The number of nitrogens with one attached hydrogen (secondary N) is 3. The van der Waals surface area contributed by atoms with Crippen molar-refractivity contribution in [2.45, 2.75) is 109 Å². The SMILES string of the molecule is C[C@H](CCC(=O)NCCS(=O)(=O)O)[C@H]1CC[C@H]2[C@@H]3[C@H](O)C[C@@H]4C[C@@H](NC(=O)CNC(=O)C(COCc5ccccc5)N(CCN(CCN(CC(=O)O)CC(=O)O)CC(=O)O)CC(=O)O)CC[C@]4(C)[C@H]3C[C@H](O)[C@]12C. The maximum Gasteiger partial charge on any atom is 0.317 e. The van der Waals surface area contributed by atoms with Crippen LogP contribution in [-0.4, -0.2) is 202 Å². The number of carboxylic acid groups (broad SMARTS) is 4. The summed E-state index contributed by atoms with van der Waals surface area (Å²) in [6.45, 7) is 2.52. The minimum atomic E-state index is -4.20. The minimum Gasteiger partial charge on any atom is -0.480 e. The Morgan fingerprint density at radius 1 is 0.770 bits per heavy atom. The Hall–Kier alpha value is -4.82. The van der Waals surface area contributed by atoms with E-state index in [0.29, 0.717) is 32.1 Å². The molecule has 24 heteroatoms. The first-order chi connectivity index (χ1) is 34.8. The van der Waals surface area contributed by atoms with Gasteiger partial charge >= 0.3 is 23.9 Å². The maximum atomic E-state index is 14.0. The van der Waals surface area contributed by atoms with E-state index in [1.54, 1.807) is 24.3 Å². The molecule has 0 aliphatic heterocycles. The van der Waals surface area contributed by atoms with Crippen LogP contribution >= 0.6 is 0 Å². The average molecular weight is 1070 g/mol. The molecule has 0 heterocycles. The highest BCUT2D eigenvalue weighted by Crippen LogP contribution is 2.68. The van der Waals surface area contributed by atoms with Crippen LogP contribution in [0.3, 0.4) is 0 Å².